The third-order valence-electron chi connectivity index (χ3n) is 1.92. The molecule has 0 amide bonds. The van der Waals surface area contributed by atoms with Crippen LogP contribution in [0.1, 0.15) is 25.2 Å². The number of aromatic nitrogens is 3. The van der Waals surface area contributed by atoms with E-state index in [4.69, 9.17) is 11.6 Å². The molecule has 2 aromatic heterocycles. The summed E-state index contributed by atoms with van der Waals surface area (Å²) >= 11 is 6.21. The molecule has 0 aliphatic carbocycles. The Morgan fingerprint density at radius 2 is 2.00 bits per heavy atom. The van der Waals surface area contributed by atoms with E-state index < -0.39 is 0 Å². The standard InChI is InChI=1S/C9H10ClN3Se/c1-9(2,3)6-4-5-7(14-6)8(10)12-13-11-5/h4H,1-3H3. The molecule has 2 aromatic rings. The van der Waals surface area contributed by atoms with Crippen molar-refractivity contribution in [1.29, 1.82) is 0 Å². The van der Waals surface area contributed by atoms with Crippen molar-refractivity contribution in [3.8, 4) is 0 Å². The molecule has 0 radical (unpaired) electrons. The summed E-state index contributed by atoms with van der Waals surface area (Å²) in [6, 6.07) is 2.09. The average Bonchev–Trinajstić information content (AvgIpc) is 2.48. The molecule has 0 saturated carbocycles. The van der Waals surface area contributed by atoms with Crippen LogP contribution >= 0.6 is 11.6 Å². The SMILES string of the molecule is CC(C)(C)c1cc2nnnc(Cl)c2[se]1. The van der Waals surface area contributed by atoms with Gasteiger partial charge in [-0.05, 0) is 0 Å². The number of hydrogen-bond donors (Lipinski definition) is 0. The molecule has 0 atom stereocenters. The molecule has 0 aromatic carbocycles. The van der Waals surface area contributed by atoms with Crippen LogP contribution in [0.3, 0.4) is 0 Å². The van der Waals surface area contributed by atoms with E-state index in [0.717, 1.165) is 9.78 Å². The van der Waals surface area contributed by atoms with Crippen molar-refractivity contribution in [3.63, 3.8) is 0 Å². The van der Waals surface area contributed by atoms with Crippen molar-refractivity contribution in [1.82, 2.24) is 15.4 Å². The zero-order chi connectivity index (χ0) is 10.3. The summed E-state index contributed by atoms with van der Waals surface area (Å²) in [4.78, 5) is 0. The zero-order valence-corrected chi connectivity index (χ0v) is 10.7. The topological polar surface area (TPSA) is 38.7 Å². The molecule has 3 nitrogen and oxygen atoms in total. The van der Waals surface area contributed by atoms with Crippen LogP contribution in [0, 0.1) is 0 Å². The Hall–Kier alpha value is -0.441. The second-order valence-corrected chi connectivity index (χ2v) is 6.72. The van der Waals surface area contributed by atoms with Gasteiger partial charge in [0, 0.05) is 0 Å². The first-order valence-corrected chi connectivity index (χ1v) is 6.36. The maximum absolute atomic E-state index is 5.95. The molecular weight excluding hydrogens is 265 g/mol. The number of rotatable bonds is 0. The molecule has 2 rings (SSSR count). The molecule has 5 heteroatoms. The second kappa shape index (κ2) is 3.30. The molecule has 0 unspecified atom stereocenters. The van der Waals surface area contributed by atoms with Gasteiger partial charge in [0.05, 0.1) is 0 Å². The summed E-state index contributed by atoms with van der Waals surface area (Å²) in [5.41, 5.74) is 1.08. The molecule has 0 N–H and O–H groups in total. The summed E-state index contributed by atoms with van der Waals surface area (Å²) in [6.07, 6.45) is 0. The summed E-state index contributed by atoms with van der Waals surface area (Å²) in [7, 11) is 0. The number of halogens is 1. The predicted molar refractivity (Wildman–Crippen MR) is 58.0 cm³/mol. The van der Waals surface area contributed by atoms with Crippen molar-refractivity contribution in [3.05, 3.63) is 15.7 Å². The third-order valence-corrected chi connectivity index (χ3v) is 5.71. The predicted octanol–water partition coefficient (Wildman–Crippen LogP) is 2.03. The van der Waals surface area contributed by atoms with E-state index in [1.807, 2.05) is 0 Å². The van der Waals surface area contributed by atoms with Gasteiger partial charge in [0.15, 0.2) is 0 Å². The molecule has 0 saturated heterocycles. The molecule has 0 fully saturated rings. The first kappa shape index (κ1) is 10.1. The van der Waals surface area contributed by atoms with Crippen LogP contribution in [0.2, 0.25) is 5.15 Å². The monoisotopic (exact) mass is 275 g/mol. The fourth-order valence-corrected chi connectivity index (χ4v) is 3.61. The van der Waals surface area contributed by atoms with Gasteiger partial charge in [-0.3, -0.25) is 0 Å². The van der Waals surface area contributed by atoms with E-state index in [9.17, 15) is 0 Å². The first-order valence-electron chi connectivity index (χ1n) is 4.27. The van der Waals surface area contributed by atoms with Crippen LogP contribution in [-0.2, 0) is 5.41 Å². The molecule has 0 bridgehead atoms. The molecule has 2 heterocycles. The van der Waals surface area contributed by atoms with Gasteiger partial charge in [0.2, 0.25) is 0 Å². The summed E-state index contributed by atoms with van der Waals surface area (Å²) < 4.78 is 2.46. The fourth-order valence-electron chi connectivity index (χ4n) is 1.13. The van der Waals surface area contributed by atoms with Crippen LogP contribution in [0.5, 0.6) is 0 Å². The van der Waals surface area contributed by atoms with Gasteiger partial charge >= 0.3 is 93.1 Å². The molecule has 0 aliphatic rings. The minimum absolute atomic E-state index is 0.185. The summed E-state index contributed by atoms with van der Waals surface area (Å²) in [5.74, 6) is 0. The number of fused-ring (bicyclic) bond motifs is 1. The van der Waals surface area contributed by atoms with Gasteiger partial charge < -0.3 is 0 Å². The minimum atomic E-state index is 0.185. The summed E-state index contributed by atoms with van der Waals surface area (Å²) in [6.45, 7) is 6.59. The average molecular weight is 275 g/mol. The second-order valence-electron chi connectivity index (χ2n) is 4.16. The van der Waals surface area contributed by atoms with Gasteiger partial charge in [-0.1, -0.05) is 0 Å². The molecule has 74 valence electrons. The van der Waals surface area contributed by atoms with Crippen molar-refractivity contribution < 1.29 is 0 Å². The Kier molecular flexibility index (Phi) is 2.38. The van der Waals surface area contributed by atoms with Crippen LogP contribution in [0.25, 0.3) is 9.78 Å². The first-order chi connectivity index (χ1) is 6.48. The van der Waals surface area contributed by atoms with E-state index in [1.54, 1.807) is 0 Å². The van der Waals surface area contributed by atoms with Gasteiger partial charge in [-0.2, -0.15) is 0 Å². The molecular formula is C9H10ClN3Se. The maximum atomic E-state index is 5.95. The Labute approximate surface area is 93.2 Å². The Bertz CT molecular complexity index is 472. The van der Waals surface area contributed by atoms with E-state index in [-0.39, 0.29) is 19.9 Å². The van der Waals surface area contributed by atoms with Crippen molar-refractivity contribution in [2.75, 3.05) is 0 Å². The quantitative estimate of drug-likeness (QED) is 0.690. The Balaban J connectivity index is 2.69. The van der Waals surface area contributed by atoms with Crippen LogP contribution < -0.4 is 0 Å². The van der Waals surface area contributed by atoms with Crippen LogP contribution in [0.15, 0.2) is 6.07 Å². The number of nitrogens with zero attached hydrogens (tertiary/aromatic N) is 3. The number of hydrogen-bond acceptors (Lipinski definition) is 3. The van der Waals surface area contributed by atoms with Crippen molar-refractivity contribution >= 4 is 35.9 Å². The van der Waals surface area contributed by atoms with E-state index in [1.165, 1.54) is 4.44 Å². The Morgan fingerprint density at radius 1 is 1.29 bits per heavy atom. The Morgan fingerprint density at radius 3 is 2.57 bits per heavy atom. The third kappa shape index (κ3) is 1.70. The molecule has 0 aliphatic heterocycles. The van der Waals surface area contributed by atoms with Gasteiger partial charge in [-0.25, -0.2) is 0 Å². The van der Waals surface area contributed by atoms with E-state index in [2.05, 4.69) is 42.2 Å². The zero-order valence-electron chi connectivity index (χ0n) is 8.21. The van der Waals surface area contributed by atoms with E-state index >= 15 is 0 Å². The van der Waals surface area contributed by atoms with Gasteiger partial charge in [0.25, 0.3) is 0 Å². The van der Waals surface area contributed by atoms with Crippen molar-refractivity contribution in [2.45, 2.75) is 26.2 Å². The van der Waals surface area contributed by atoms with Crippen molar-refractivity contribution in [2.24, 2.45) is 0 Å². The fraction of sp³-hybridized carbons (Fsp3) is 0.444. The van der Waals surface area contributed by atoms with Gasteiger partial charge in [-0.15, -0.1) is 0 Å². The normalized spacial score (nSPS) is 12.3. The molecule has 14 heavy (non-hydrogen) atoms. The van der Waals surface area contributed by atoms with Gasteiger partial charge in [0.1, 0.15) is 0 Å². The van der Waals surface area contributed by atoms with E-state index in [0.29, 0.717) is 5.15 Å². The van der Waals surface area contributed by atoms with Crippen LogP contribution in [0.4, 0.5) is 0 Å². The molecule has 0 spiro atoms. The van der Waals surface area contributed by atoms with Crippen LogP contribution in [-0.4, -0.2) is 29.9 Å². The summed E-state index contributed by atoms with van der Waals surface area (Å²) in [5, 5.41) is 11.8.